The molecule has 30 heavy (non-hydrogen) atoms. The van der Waals surface area contributed by atoms with Crippen LogP contribution in [0, 0.1) is 11.8 Å². The molecule has 1 aliphatic rings. The Morgan fingerprint density at radius 1 is 1.13 bits per heavy atom. The van der Waals surface area contributed by atoms with Gasteiger partial charge in [0.2, 0.25) is 5.91 Å². The van der Waals surface area contributed by atoms with Gasteiger partial charge in [0.1, 0.15) is 0 Å². The van der Waals surface area contributed by atoms with Crippen LogP contribution in [0.15, 0.2) is 54.6 Å². The van der Waals surface area contributed by atoms with E-state index in [-0.39, 0.29) is 5.91 Å². The first kappa shape index (κ1) is 22.3. The molecule has 1 heterocycles. The van der Waals surface area contributed by atoms with Gasteiger partial charge in [-0.25, -0.2) is 0 Å². The van der Waals surface area contributed by atoms with Crippen LogP contribution in [-0.2, 0) is 22.4 Å². The van der Waals surface area contributed by atoms with E-state index in [1.807, 2.05) is 54.6 Å². The fraction of sp³-hybridized carbons (Fsp3) is 0.417. The first-order valence-corrected chi connectivity index (χ1v) is 10.7. The van der Waals surface area contributed by atoms with E-state index in [9.17, 15) is 14.7 Å². The second-order valence-corrected chi connectivity index (χ2v) is 8.89. The fourth-order valence-corrected chi connectivity index (χ4v) is 4.38. The zero-order chi connectivity index (χ0) is 21.7. The summed E-state index contributed by atoms with van der Waals surface area (Å²) in [5.74, 6) is -2.48. The zero-order valence-corrected chi connectivity index (χ0v) is 18.0. The lowest BCUT2D eigenvalue weighted by Crippen LogP contribution is -2.58. The highest BCUT2D eigenvalue weighted by atomic mass is 35.5. The Balaban J connectivity index is 1.76. The van der Waals surface area contributed by atoms with Gasteiger partial charge in [-0.2, -0.15) is 0 Å². The Morgan fingerprint density at radius 2 is 1.80 bits per heavy atom. The summed E-state index contributed by atoms with van der Waals surface area (Å²) in [6, 6.07) is 17.2. The maximum atomic E-state index is 13.4. The highest BCUT2D eigenvalue weighted by molar-refractivity contribution is 6.30. The Bertz CT molecular complexity index is 872. The van der Waals surface area contributed by atoms with Gasteiger partial charge in [0, 0.05) is 23.7 Å². The Labute approximate surface area is 182 Å². The molecule has 3 rings (SSSR count). The van der Waals surface area contributed by atoms with E-state index in [1.165, 1.54) is 0 Å². The van der Waals surface area contributed by atoms with Crippen LogP contribution in [0.2, 0.25) is 5.02 Å². The molecule has 1 unspecified atom stereocenters. The maximum absolute atomic E-state index is 13.4. The number of likely N-dealkylation sites (tertiary alicyclic amines) is 1. The van der Waals surface area contributed by atoms with E-state index in [1.54, 1.807) is 11.8 Å². The summed E-state index contributed by atoms with van der Waals surface area (Å²) in [5.41, 5.74) is 8.21. The van der Waals surface area contributed by atoms with Crippen molar-refractivity contribution in [2.75, 3.05) is 13.1 Å². The van der Waals surface area contributed by atoms with Crippen LogP contribution in [0.4, 0.5) is 0 Å². The third kappa shape index (κ3) is 5.61. The van der Waals surface area contributed by atoms with Crippen molar-refractivity contribution in [3.05, 3.63) is 70.7 Å². The largest absolute Gasteiger partial charge is 0.481 e. The fourth-order valence-electron chi connectivity index (χ4n) is 4.25. The molecule has 0 aliphatic carbocycles. The first-order chi connectivity index (χ1) is 14.3. The molecule has 0 spiro atoms. The average molecular weight is 429 g/mol. The number of amides is 1. The van der Waals surface area contributed by atoms with Gasteiger partial charge in [0.05, 0.1) is 11.8 Å². The summed E-state index contributed by atoms with van der Waals surface area (Å²) >= 11 is 5.98. The highest BCUT2D eigenvalue weighted by Crippen LogP contribution is 2.28. The molecular formula is C24H29ClN2O3. The number of aliphatic carboxylic acids is 1. The number of hydrogen-bond acceptors (Lipinski definition) is 3. The van der Waals surface area contributed by atoms with E-state index < -0.39 is 23.3 Å². The molecule has 1 fully saturated rings. The van der Waals surface area contributed by atoms with Crippen molar-refractivity contribution in [3.63, 3.8) is 0 Å². The van der Waals surface area contributed by atoms with Gasteiger partial charge >= 0.3 is 5.97 Å². The number of carbonyl (C=O) groups excluding carboxylic acids is 1. The second-order valence-electron chi connectivity index (χ2n) is 8.45. The minimum atomic E-state index is -0.957. The van der Waals surface area contributed by atoms with Gasteiger partial charge in [-0.1, -0.05) is 61.0 Å². The second kappa shape index (κ2) is 9.63. The quantitative estimate of drug-likeness (QED) is 0.702. The van der Waals surface area contributed by atoms with Gasteiger partial charge in [-0.05, 0) is 48.9 Å². The molecule has 1 saturated heterocycles. The summed E-state index contributed by atoms with van der Waals surface area (Å²) in [5, 5.41) is 10.3. The molecule has 0 bridgehead atoms. The van der Waals surface area contributed by atoms with Crippen molar-refractivity contribution in [3.8, 4) is 0 Å². The summed E-state index contributed by atoms with van der Waals surface area (Å²) in [6.45, 7) is 2.64. The van der Waals surface area contributed by atoms with Gasteiger partial charge < -0.3 is 15.7 Å². The number of rotatable bonds is 7. The van der Waals surface area contributed by atoms with Crippen LogP contribution in [0.3, 0.4) is 0 Å². The topological polar surface area (TPSA) is 83.6 Å². The molecular weight excluding hydrogens is 400 g/mol. The monoisotopic (exact) mass is 428 g/mol. The van der Waals surface area contributed by atoms with E-state index in [2.05, 4.69) is 0 Å². The molecule has 3 N–H and O–H groups in total. The number of nitrogens with zero attached hydrogens (tertiary/aromatic N) is 1. The molecule has 0 radical (unpaired) electrons. The van der Waals surface area contributed by atoms with Crippen molar-refractivity contribution >= 4 is 23.5 Å². The van der Waals surface area contributed by atoms with Crippen molar-refractivity contribution in [1.29, 1.82) is 0 Å². The normalized spacial score (nSPS) is 21.1. The highest BCUT2D eigenvalue weighted by Gasteiger charge is 2.39. The van der Waals surface area contributed by atoms with E-state index in [0.717, 1.165) is 24.0 Å². The van der Waals surface area contributed by atoms with Crippen molar-refractivity contribution in [2.45, 2.75) is 38.1 Å². The standard InChI is InChI=1S/C24H29ClN2O3/c1-17(23(29)30)21(14-18-6-3-2-4-7-18)22(28)27-13-5-12-24(26,16-27)15-19-8-10-20(25)11-9-19/h2-4,6-11,17,21H,5,12-16,26H2,1H3,(H,29,30)/t17-,21?,24-/m1/s1. The molecule has 3 atom stereocenters. The van der Waals surface area contributed by atoms with Gasteiger partial charge in [-0.15, -0.1) is 0 Å². The summed E-state index contributed by atoms with van der Waals surface area (Å²) in [4.78, 5) is 26.9. The van der Waals surface area contributed by atoms with Crippen LogP contribution in [-0.4, -0.2) is 40.5 Å². The Kier molecular flexibility index (Phi) is 7.16. The van der Waals surface area contributed by atoms with Crippen LogP contribution in [0.5, 0.6) is 0 Å². The molecule has 5 nitrogen and oxygen atoms in total. The van der Waals surface area contributed by atoms with Crippen LogP contribution >= 0.6 is 11.6 Å². The van der Waals surface area contributed by atoms with Crippen LogP contribution in [0.25, 0.3) is 0 Å². The summed E-state index contributed by atoms with van der Waals surface area (Å²) < 4.78 is 0. The van der Waals surface area contributed by atoms with Crippen molar-refractivity contribution in [2.24, 2.45) is 17.6 Å². The van der Waals surface area contributed by atoms with E-state index in [4.69, 9.17) is 17.3 Å². The number of carboxylic acids is 1. The minimum Gasteiger partial charge on any atom is -0.481 e. The number of nitrogens with two attached hydrogens (primary N) is 1. The first-order valence-electron chi connectivity index (χ1n) is 10.4. The predicted octanol–water partition coefficient (Wildman–Crippen LogP) is 3.78. The third-order valence-corrected chi connectivity index (χ3v) is 6.25. The average Bonchev–Trinajstić information content (AvgIpc) is 2.73. The molecule has 2 aromatic carbocycles. The maximum Gasteiger partial charge on any atom is 0.307 e. The van der Waals surface area contributed by atoms with E-state index >= 15 is 0 Å². The van der Waals surface area contributed by atoms with Crippen molar-refractivity contribution in [1.82, 2.24) is 4.90 Å². The van der Waals surface area contributed by atoms with Crippen LogP contribution < -0.4 is 5.73 Å². The Morgan fingerprint density at radius 3 is 2.43 bits per heavy atom. The lowest BCUT2D eigenvalue weighted by atomic mass is 9.82. The van der Waals surface area contributed by atoms with Gasteiger partial charge in [-0.3, -0.25) is 9.59 Å². The van der Waals surface area contributed by atoms with E-state index in [0.29, 0.717) is 31.0 Å². The molecule has 0 saturated carbocycles. The molecule has 0 aromatic heterocycles. The number of piperidine rings is 1. The number of halogens is 1. The predicted molar refractivity (Wildman–Crippen MR) is 118 cm³/mol. The zero-order valence-electron chi connectivity index (χ0n) is 17.3. The lowest BCUT2D eigenvalue weighted by molar-refractivity contribution is -0.150. The Hall–Kier alpha value is -2.37. The molecule has 1 aliphatic heterocycles. The lowest BCUT2D eigenvalue weighted by Gasteiger charge is -2.42. The van der Waals surface area contributed by atoms with Crippen LogP contribution in [0.1, 0.15) is 30.9 Å². The van der Waals surface area contributed by atoms with Crippen molar-refractivity contribution < 1.29 is 14.7 Å². The summed E-state index contributed by atoms with van der Waals surface area (Å²) in [7, 11) is 0. The number of hydrogen-bond donors (Lipinski definition) is 2. The minimum absolute atomic E-state index is 0.126. The number of carboxylic acid groups (broad SMARTS) is 1. The van der Waals surface area contributed by atoms with Gasteiger partial charge in [0.25, 0.3) is 0 Å². The SMILES string of the molecule is C[C@@H](C(=O)O)C(Cc1ccccc1)C(=O)N1CCC[C@@](N)(Cc2ccc(Cl)cc2)C1. The molecule has 160 valence electrons. The molecule has 6 heteroatoms. The molecule has 1 amide bonds. The smallest absolute Gasteiger partial charge is 0.307 e. The number of benzene rings is 2. The summed E-state index contributed by atoms with van der Waals surface area (Å²) in [6.07, 6.45) is 2.66. The third-order valence-electron chi connectivity index (χ3n) is 6.00. The molecule has 2 aromatic rings. The number of carbonyl (C=O) groups is 2. The van der Waals surface area contributed by atoms with Gasteiger partial charge in [0.15, 0.2) is 0 Å².